The van der Waals surface area contributed by atoms with Crippen molar-refractivity contribution < 1.29 is 9.59 Å². The standard InChI is InChI=1S/C53H63N9O2/c1-6-59(7-2)48(36-18-12-10-13-19-36)52(63)61-28-16-22-46(61)50-54-32-44(56-50)38-24-26-42-40(30-38)34-58(5)35-41-31-39(25-27-43(41)42)45-33-55-51(57-45)47-23-17-29-62(47)53(64)49(60(8-3)9-4)37-20-14-11-15-21-37/h10-15,18-21,24-27,30-33,46-49H,6-9,16-17,22-23,28-29,34-35H2,1-5H3,(H,54,56)(H,55,57)/t46-,47-,48?,49?/m0/s1. The summed E-state index contributed by atoms with van der Waals surface area (Å²) in [4.78, 5) is 56.9. The molecule has 0 saturated carbocycles. The summed E-state index contributed by atoms with van der Waals surface area (Å²) >= 11 is 0. The number of fused-ring (bicyclic) bond motifs is 3. The zero-order chi connectivity index (χ0) is 44.3. The first-order valence-electron chi connectivity index (χ1n) is 23.5. The van der Waals surface area contributed by atoms with Crippen molar-refractivity contribution in [1.82, 2.24) is 44.4 Å². The Labute approximate surface area is 378 Å². The molecule has 9 rings (SSSR count). The molecule has 11 heteroatoms. The second kappa shape index (κ2) is 19.1. The molecular weight excluding hydrogens is 795 g/mol. The third-order valence-corrected chi connectivity index (χ3v) is 14.0. The smallest absolute Gasteiger partial charge is 0.245 e. The molecule has 3 aliphatic heterocycles. The number of imidazole rings is 2. The van der Waals surface area contributed by atoms with Crippen LogP contribution in [0.1, 0.15) is 111 Å². The predicted molar refractivity (Wildman–Crippen MR) is 254 cm³/mol. The molecule has 2 saturated heterocycles. The number of H-pyrrole nitrogens is 2. The molecule has 0 spiro atoms. The molecule has 0 bridgehead atoms. The lowest BCUT2D eigenvalue weighted by Crippen LogP contribution is -2.43. The quantitative estimate of drug-likeness (QED) is 0.112. The molecule has 332 valence electrons. The summed E-state index contributed by atoms with van der Waals surface area (Å²) in [6.45, 7) is 14.8. The van der Waals surface area contributed by atoms with Crippen molar-refractivity contribution >= 4 is 11.8 Å². The Balaban J connectivity index is 0.936. The number of aromatic amines is 2. The molecule has 5 heterocycles. The summed E-state index contributed by atoms with van der Waals surface area (Å²) < 4.78 is 0. The van der Waals surface area contributed by atoms with E-state index in [9.17, 15) is 9.59 Å². The number of carbonyl (C=O) groups excluding carboxylic acids is 2. The van der Waals surface area contributed by atoms with Crippen LogP contribution in [0.25, 0.3) is 33.6 Å². The Morgan fingerprint density at radius 1 is 0.609 bits per heavy atom. The minimum Gasteiger partial charge on any atom is -0.340 e. The fourth-order valence-electron chi connectivity index (χ4n) is 10.7. The predicted octanol–water partition coefficient (Wildman–Crippen LogP) is 9.57. The van der Waals surface area contributed by atoms with Gasteiger partial charge in [-0.3, -0.25) is 24.3 Å². The van der Waals surface area contributed by atoms with Crippen LogP contribution in [0.4, 0.5) is 0 Å². The maximum Gasteiger partial charge on any atom is 0.245 e. The summed E-state index contributed by atoms with van der Waals surface area (Å²) in [7, 11) is 2.18. The molecular formula is C53H63N9O2. The average molecular weight is 858 g/mol. The van der Waals surface area contributed by atoms with Crippen LogP contribution >= 0.6 is 0 Å². The number of aromatic nitrogens is 4. The highest BCUT2D eigenvalue weighted by atomic mass is 16.2. The average Bonchev–Trinajstić information content (AvgIpc) is 4.17. The first-order valence-corrected chi connectivity index (χ1v) is 23.5. The molecule has 11 nitrogen and oxygen atoms in total. The maximum absolute atomic E-state index is 14.4. The molecule has 64 heavy (non-hydrogen) atoms. The van der Waals surface area contributed by atoms with Crippen LogP contribution in [0.2, 0.25) is 0 Å². The van der Waals surface area contributed by atoms with Gasteiger partial charge in [0.25, 0.3) is 0 Å². The van der Waals surface area contributed by atoms with Crippen molar-refractivity contribution in [3.63, 3.8) is 0 Å². The third-order valence-electron chi connectivity index (χ3n) is 14.0. The van der Waals surface area contributed by atoms with Crippen LogP contribution in [0.15, 0.2) is 109 Å². The van der Waals surface area contributed by atoms with Crippen LogP contribution in [0.5, 0.6) is 0 Å². The number of likely N-dealkylation sites (tertiary alicyclic amines) is 2. The molecule has 2 N–H and O–H groups in total. The van der Waals surface area contributed by atoms with E-state index >= 15 is 0 Å². The minimum absolute atomic E-state index is 0.0915. The van der Waals surface area contributed by atoms with Crippen LogP contribution in [-0.4, -0.2) is 103 Å². The SMILES string of the molecule is CCN(CC)C(C(=O)N1CCC[C@H]1c1ncc(-c2ccc3c(c2)CN(C)Cc2cc(-c4cnc([C@@H]5CCCN5C(=O)C(c5ccccc5)N(CC)CC)[nH]4)ccc2-3)[nH]1)c1ccccc1. The molecule has 4 atom stereocenters. The minimum atomic E-state index is -0.319. The lowest BCUT2D eigenvalue weighted by molar-refractivity contribution is -0.139. The molecule has 3 aliphatic rings. The Kier molecular flexibility index (Phi) is 12.9. The normalized spacial score (nSPS) is 18.6. The number of likely N-dealkylation sites (N-methyl/N-ethyl adjacent to an activating group) is 2. The first kappa shape index (κ1) is 43.4. The van der Waals surface area contributed by atoms with Gasteiger partial charge in [-0.2, -0.15) is 0 Å². The van der Waals surface area contributed by atoms with E-state index in [4.69, 9.17) is 9.97 Å². The summed E-state index contributed by atoms with van der Waals surface area (Å²) in [5.41, 5.74) is 11.2. The van der Waals surface area contributed by atoms with E-state index in [0.717, 1.165) is 123 Å². The van der Waals surface area contributed by atoms with Gasteiger partial charge in [0.1, 0.15) is 23.7 Å². The molecule has 2 aromatic heterocycles. The molecule has 2 amide bonds. The van der Waals surface area contributed by atoms with Gasteiger partial charge in [0.2, 0.25) is 11.8 Å². The number of nitrogens with one attached hydrogen (secondary N) is 2. The fraction of sp³-hybridized carbons (Fsp3) is 0.396. The number of hydrogen-bond donors (Lipinski definition) is 2. The molecule has 4 aromatic carbocycles. The largest absolute Gasteiger partial charge is 0.340 e. The number of carbonyl (C=O) groups is 2. The third kappa shape index (κ3) is 8.44. The molecule has 0 radical (unpaired) electrons. The van der Waals surface area contributed by atoms with Crippen molar-refractivity contribution in [3.05, 3.63) is 143 Å². The Bertz CT molecular complexity index is 2370. The summed E-state index contributed by atoms with van der Waals surface area (Å²) in [6, 6.07) is 33.1. The lowest BCUT2D eigenvalue weighted by atomic mass is 9.93. The highest BCUT2D eigenvalue weighted by molar-refractivity contribution is 5.85. The zero-order valence-corrected chi connectivity index (χ0v) is 38.1. The summed E-state index contributed by atoms with van der Waals surface area (Å²) in [6.07, 6.45) is 7.54. The van der Waals surface area contributed by atoms with Gasteiger partial charge in [0, 0.05) is 26.2 Å². The van der Waals surface area contributed by atoms with Gasteiger partial charge in [-0.25, -0.2) is 9.97 Å². The van der Waals surface area contributed by atoms with Gasteiger partial charge in [0.15, 0.2) is 0 Å². The van der Waals surface area contributed by atoms with Crippen molar-refractivity contribution in [3.8, 4) is 33.6 Å². The van der Waals surface area contributed by atoms with Crippen molar-refractivity contribution in [2.75, 3.05) is 46.3 Å². The summed E-state index contributed by atoms with van der Waals surface area (Å²) in [5.74, 6) is 1.99. The molecule has 0 aliphatic carbocycles. The van der Waals surface area contributed by atoms with Crippen LogP contribution < -0.4 is 0 Å². The summed E-state index contributed by atoms with van der Waals surface area (Å²) in [5, 5.41) is 0. The second-order valence-corrected chi connectivity index (χ2v) is 17.7. The highest BCUT2D eigenvalue weighted by Crippen LogP contribution is 2.40. The molecule has 2 unspecified atom stereocenters. The van der Waals surface area contributed by atoms with Gasteiger partial charge >= 0.3 is 0 Å². The number of amides is 2. The Morgan fingerprint density at radius 2 is 1.02 bits per heavy atom. The number of nitrogens with zero attached hydrogens (tertiary/aromatic N) is 7. The van der Waals surface area contributed by atoms with Crippen molar-refractivity contribution in [2.45, 2.75) is 90.6 Å². The molecule has 2 fully saturated rings. The Morgan fingerprint density at radius 3 is 1.41 bits per heavy atom. The fourth-order valence-corrected chi connectivity index (χ4v) is 10.7. The Hall–Kier alpha value is -5.88. The van der Waals surface area contributed by atoms with Crippen molar-refractivity contribution in [1.29, 1.82) is 0 Å². The van der Waals surface area contributed by atoms with Crippen LogP contribution in [-0.2, 0) is 22.7 Å². The van der Waals surface area contributed by atoms with Gasteiger partial charge in [0.05, 0.1) is 35.9 Å². The topological polar surface area (TPSA) is 108 Å². The highest BCUT2D eigenvalue weighted by Gasteiger charge is 2.39. The van der Waals surface area contributed by atoms with Crippen LogP contribution in [0, 0.1) is 0 Å². The second-order valence-electron chi connectivity index (χ2n) is 17.7. The number of hydrogen-bond acceptors (Lipinski definition) is 7. The van der Waals surface area contributed by atoms with Crippen LogP contribution in [0.3, 0.4) is 0 Å². The van der Waals surface area contributed by atoms with E-state index in [1.807, 2.05) is 48.8 Å². The van der Waals surface area contributed by atoms with Gasteiger partial charge in [-0.15, -0.1) is 0 Å². The maximum atomic E-state index is 14.4. The van der Waals surface area contributed by atoms with E-state index in [0.29, 0.717) is 0 Å². The first-order chi connectivity index (χ1) is 31.3. The monoisotopic (exact) mass is 858 g/mol. The van der Waals surface area contributed by atoms with E-state index in [1.54, 1.807) is 0 Å². The molecule has 6 aromatic rings. The van der Waals surface area contributed by atoms with E-state index in [-0.39, 0.29) is 36.0 Å². The van der Waals surface area contributed by atoms with Gasteiger partial charge in [-0.05, 0) is 116 Å². The number of rotatable bonds is 14. The van der Waals surface area contributed by atoms with Gasteiger partial charge in [-0.1, -0.05) is 113 Å². The number of benzene rings is 4. The zero-order valence-electron chi connectivity index (χ0n) is 38.1. The van der Waals surface area contributed by atoms with E-state index in [1.165, 1.54) is 22.3 Å². The van der Waals surface area contributed by atoms with E-state index < -0.39 is 0 Å². The van der Waals surface area contributed by atoms with E-state index in [2.05, 4.69) is 130 Å². The van der Waals surface area contributed by atoms with Gasteiger partial charge < -0.3 is 19.8 Å². The lowest BCUT2D eigenvalue weighted by Gasteiger charge is -2.34. The van der Waals surface area contributed by atoms with Crippen molar-refractivity contribution in [2.24, 2.45) is 0 Å².